The van der Waals surface area contributed by atoms with Crippen LogP contribution in [0.5, 0.6) is 0 Å². The molecule has 11 heavy (non-hydrogen) atoms. The van der Waals surface area contributed by atoms with Gasteiger partial charge in [0.25, 0.3) is 0 Å². The molecule has 0 aromatic heterocycles. The van der Waals surface area contributed by atoms with Gasteiger partial charge in [0.1, 0.15) is 0 Å². The van der Waals surface area contributed by atoms with Crippen LogP contribution in [0.1, 0.15) is 0 Å². The van der Waals surface area contributed by atoms with Gasteiger partial charge in [0.2, 0.25) is 0 Å². The van der Waals surface area contributed by atoms with Crippen LogP contribution in [0, 0.1) is 0 Å². The number of carbonyl (C=O) groups excluding carboxylic acids is 2. The Labute approximate surface area is 76.8 Å². The van der Waals surface area contributed by atoms with Crippen molar-refractivity contribution in [2.45, 2.75) is 0 Å². The van der Waals surface area contributed by atoms with Gasteiger partial charge in [0.15, 0.2) is 0 Å². The topological polar surface area (TPSA) is 127 Å². The van der Waals surface area contributed by atoms with Crippen LogP contribution in [0.25, 0.3) is 0 Å². The average Bonchev–Trinajstić information content (AvgIpc) is 1.91. The van der Waals surface area contributed by atoms with Gasteiger partial charge in [-0.05, 0) is 0 Å². The number of nitrogens with two attached hydrogens (primary N) is 1. The van der Waals surface area contributed by atoms with Gasteiger partial charge in [-0.2, -0.15) is 0 Å². The molecule has 0 heterocycles. The van der Waals surface area contributed by atoms with E-state index < -0.39 is 12.9 Å². The van der Waals surface area contributed by atoms with Crippen LogP contribution >= 0.6 is 0 Å². The molecule has 0 fully saturated rings. The molecule has 0 aliphatic heterocycles. The number of hydrogen-bond acceptors (Lipinski definition) is 6. The molecular formula is C4H9NO5Zn. The number of rotatable bonds is 1. The molecule has 62 valence electrons. The molecular weight excluding hydrogens is 207 g/mol. The third-order valence-electron chi connectivity index (χ3n) is 0.129. The summed E-state index contributed by atoms with van der Waals surface area (Å²) in [5.41, 5.74) is 4.78. The molecule has 0 aromatic rings. The summed E-state index contributed by atoms with van der Waals surface area (Å²) in [4.78, 5) is 16.5. The summed E-state index contributed by atoms with van der Waals surface area (Å²) in [5.74, 6) is 0. The average molecular weight is 217 g/mol. The van der Waals surface area contributed by atoms with E-state index in [0.717, 1.165) is 0 Å². The zero-order chi connectivity index (χ0) is 8.83. The molecule has 7 heteroatoms. The van der Waals surface area contributed by atoms with Gasteiger partial charge < -0.3 is 30.6 Å². The maximum Gasteiger partial charge on any atom is 2.00 e. The molecule has 0 unspecified atom stereocenters. The van der Waals surface area contributed by atoms with Crippen molar-refractivity contribution in [2.75, 3.05) is 13.2 Å². The van der Waals surface area contributed by atoms with E-state index in [1.165, 1.54) is 0 Å². The van der Waals surface area contributed by atoms with Crippen molar-refractivity contribution < 1.29 is 44.4 Å². The molecule has 0 rings (SSSR count). The molecule has 0 atom stereocenters. The van der Waals surface area contributed by atoms with Gasteiger partial charge in [0, 0.05) is 19.5 Å². The van der Waals surface area contributed by atoms with E-state index in [2.05, 4.69) is 0 Å². The number of carbonyl (C=O) groups is 2. The van der Waals surface area contributed by atoms with E-state index in [0.29, 0.717) is 6.54 Å². The predicted octanol–water partition coefficient (Wildman–Crippen LogP) is -4.33. The minimum absolute atomic E-state index is 0. The SMILES string of the molecule is NCCO.O=C[O-].O=C[O-].[Zn+2]. The molecule has 0 bridgehead atoms. The molecule has 6 nitrogen and oxygen atoms in total. The second-order valence-corrected chi connectivity index (χ2v) is 0.705. The van der Waals surface area contributed by atoms with Crippen molar-refractivity contribution in [2.24, 2.45) is 5.73 Å². The molecule has 0 radical (unpaired) electrons. The molecule has 0 aromatic carbocycles. The Morgan fingerprint density at radius 1 is 1.27 bits per heavy atom. The van der Waals surface area contributed by atoms with Crippen LogP contribution in [0.2, 0.25) is 0 Å². The van der Waals surface area contributed by atoms with E-state index in [-0.39, 0.29) is 26.1 Å². The molecule has 0 saturated carbocycles. The largest absolute Gasteiger partial charge is 2.00 e. The Bertz CT molecular complexity index is 54.4. The fourth-order valence-electron chi connectivity index (χ4n) is 0. The van der Waals surface area contributed by atoms with E-state index in [1.807, 2.05) is 0 Å². The Kier molecular flexibility index (Phi) is 115. The Hall–Kier alpha value is -0.517. The Morgan fingerprint density at radius 3 is 1.36 bits per heavy atom. The number of aliphatic hydroxyl groups excluding tert-OH is 1. The van der Waals surface area contributed by atoms with Crippen molar-refractivity contribution in [3.63, 3.8) is 0 Å². The van der Waals surface area contributed by atoms with E-state index >= 15 is 0 Å². The minimum atomic E-state index is -0.500. The first kappa shape index (κ1) is 22.4. The predicted molar refractivity (Wildman–Crippen MR) is 28.3 cm³/mol. The van der Waals surface area contributed by atoms with Gasteiger partial charge >= 0.3 is 19.5 Å². The molecule has 0 saturated heterocycles. The molecule has 0 spiro atoms. The summed E-state index contributed by atoms with van der Waals surface area (Å²) in [6, 6.07) is 0. The quantitative estimate of drug-likeness (QED) is 0.337. The van der Waals surface area contributed by atoms with Crippen molar-refractivity contribution >= 4 is 12.9 Å². The Morgan fingerprint density at radius 2 is 1.36 bits per heavy atom. The third-order valence-corrected chi connectivity index (χ3v) is 0.129. The van der Waals surface area contributed by atoms with Gasteiger partial charge in [-0.25, -0.2) is 0 Å². The van der Waals surface area contributed by atoms with Gasteiger partial charge in [-0.1, -0.05) is 0 Å². The smallest absolute Gasteiger partial charge is 0.554 e. The summed E-state index contributed by atoms with van der Waals surface area (Å²) in [6.45, 7) is -0.528. The minimum Gasteiger partial charge on any atom is -0.554 e. The van der Waals surface area contributed by atoms with Gasteiger partial charge in [-0.3, -0.25) is 0 Å². The van der Waals surface area contributed by atoms with Crippen LogP contribution in [0.15, 0.2) is 0 Å². The number of aliphatic hydroxyl groups is 1. The van der Waals surface area contributed by atoms with Gasteiger partial charge in [0.05, 0.1) is 6.61 Å². The standard InChI is InChI=1S/C2H7NO.2CH2O2.Zn/c3-1-2-4;2*2-1-3;/h4H,1-3H2;2*1H,(H,2,3);/q;;;+2/p-2. The zero-order valence-corrected chi connectivity index (χ0v) is 8.90. The summed E-state index contributed by atoms with van der Waals surface area (Å²) in [5, 5.41) is 24.2. The number of carboxylic acid groups (broad SMARTS) is 2. The van der Waals surface area contributed by atoms with Crippen molar-refractivity contribution in [3.8, 4) is 0 Å². The summed E-state index contributed by atoms with van der Waals surface area (Å²) >= 11 is 0. The van der Waals surface area contributed by atoms with Crippen LogP contribution < -0.4 is 15.9 Å². The van der Waals surface area contributed by atoms with Crippen LogP contribution in [-0.4, -0.2) is 31.2 Å². The van der Waals surface area contributed by atoms with E-state index in [9.17, 15) is 0 Å². The van der Waals surface area contributed by atoms with Crippen LogP contribution in [0.4, 0.5) is 0 Å². The maximum absolute atomic E-state index is 8.25. The van der Waals surface area contributed by atoms with E-state index in [4.69, 9.17) is 30.6 Å². The summed E-state index contributed by atoms with van der Waals surface area (Å²) in [7, 11) is 0. The van der Waals surface area contributed by atoms with Crippen LogP contribution in [-0.2, 0) is 29.1 Å². The monoisotopic (exact) mass is 215 g/mol. The first-order valence-corrected chi connectivity index (χ1v) is 2.17. The molecule has 3 N–H and O–H groups in total. The maximum atomic E-state index is 8.25. The normalized spacial score (nSPS) is 4.91. The first-order valence-electron chi connectivity index (χ1n) is 2.17. The van der Waals surface area contributed by atoms with E-state index in [1.54, 1.807) is 0 Å². The van der Waals surface area contributed by atoms with Gasteiger partial charge in [-0.15, -0.1) is 0 Å². The van der Waals surface area contributed by atoms with Crippen molar-refractivity contribution in [1.82, 2.24) is 0 Å². The third kappa shape index (κ3) is 2270. The summed E-state index contributed by atoms with van der Waals surface area (Å²) < 4.78 is 0. The number of hydrogen-bond donors (Lipinski definition) is 2. The second-order valence-electron chi connectivity index (χ2n) is 0.705. The molecule has 0 aliphatic rings. The fourth-order valence-corrected chi connectivity index (χ4v) is 0. The van der Waals surface area contributed by atoms with Crippen molar-refractivity contribution in [3.05, 3.63) is 0 Å². The zero-order valence-electron chi connectivity index (χ0n) is 5.93. The second kappa shape index (κ2) is 56.2. The van der Waals surface area contributed by atoms with Crippen LogP contribution in [0.3, 0.4) is 0 Å². The first-order chi connectivity index (χ1) is 4.74. The molecule has 0 amide bonds. The fraction of sp³-hybridized carbons (Fsp3) is 0.500. The summed E-state index contributed by atoms with van der Waals surface area (Å²) in [6.07, 6.45) is 0. The Balaban J connectivity index is -0.0000000325. The molecule has 0 aliphatic carbocycles. The van der Waals surface area contributed by atoms with Crippen molar-refractivity contribution in [1.29, 1.82) is 0 Å².